The quantitative estimate of drug-likeness (QED) is 0.856. The standard InChI is InChI=1S/C17H19F3N2O2S/c1-10-4-2-3-7-22(10)15(23)9-14-16(24)21-12-8-11(17(18,19)20)5-6-13(12)25-14/h5-6,8,10,14H,2-4,7,9H2,1H3,(H,21,24)/t10-,14+/m1/s1. The van der Waals surface area contributed by atoms with Crippen LogP contribution in [0.4, 0.5) is 18.9 Å². The number of halogens is 3. The molecule has 2 heterocycles. The number of anilines is 1. The number of benzene rings is 1. The number of nitrogens with one attached hydrogen (secondary N) is 1. The molecule has 2 amide bonds. The number of amides is 2. The highest BCUT2D eigenvalue weighted by Crippen LogP contribution is 2.40. The Labute approximate surface area is 148 Å². The largest absolute Gasteiger partial charge is 0.416 e. The van der Waals surface area contributed by atoms with Gasteiger partial charge in [-0.25, -0.2) is 0 Å². The minimum absolute atomic E-state index is 0.0568. The van der Waals surface area contributed by atoms with E-state index in [1.807, 2.05) is 6.92 Å². The maximum Gasteiger partial charge on any atom is 0.416 e. The number of thioether (sulfide) groups is 1. The molecule has 2 atom stereocenters. The van der Waals surface area contributed by atoms with E-state index in [4.69, 9.17) is 0 Å². The highest BCUT2D eigenvalue weighted by atomic mass is 32.2. The second-order valence-corrected chi connectivity index (χ2v) is 7.69. The van der Waals surface area contributed by atoms with Gasteiger partial charge in [-0.15, -0.1) is 11.8 Å². The number of rotatable bonds is 2. The lowest BCUT2D eigenvalue weighted by Crippen LogP contribution is -2.44. The van der Waals surface area contributed by atoms with Gasteiger partial charge in [-0.2, -0.15) is 13.2 Å². The molecule has 1 aromatic carbocycles. The van der Waals surface area contributed by atoms with Crippen molar-refractivity contribution in [2.75, 3.05) is 11.9 Å². The van der Waals surface area contributed by atoms with Crippen molar-refractivity contribution in [1.82, 2.24) is 4.90 Å². The Balaban J connectivity index is 1.71. The summed E-state index contributed by atoms with van der Waals surface area (Å²) in [5.74, 6) is -0.495. The number of likely N-dealkylation sites (tertiary alicyclic amines) is 1. The summed E-state index contributed by atoms with van der Waals surface area (Å²) in [5, 5.41) is 1.89. The van der Waals surface area contributed by atoms with E-state index < -0.39 is 22.9 Å². The lowest BCUT2D eigenvalue weighted by Gasteiger charge is -2.34. The third kappa shape index (κ3) is 3.94. The summed E-state index contributed by atoms with van der Waals surface area (Å²) < 4.78 is 38.3. The van der Waals surface area contributed by atoms with Crippen LogP contribution in [0.2, 0.25) is 0 Å². The number of hydrogen-bond acceptors (Lipinski definition) is 3. The molecule has 4 nitrogen and oxygen atoms in total. The molecule has 3 rings (SSSR count). The van der Waals surface area contributed by atoms with Gasteiger partial charge in [0.1, 0.15) is 0 Å². The summed E-state index contributed by atoms with van der Waals surface area (Å²) in [7, 11) is 0. The van der Waals surface area contributed by atoms with Crippen LogP contribution in [-0.4, -0.2) is 34.6 Å². The molecule has 136 valence electrons. The van der Waals surface area contributed by atoms with E-state index in [9.17, 15) is 22.8 Å². The zero-order chi connectivity index (χ0) is 18.2. The second-order valence-electron chi connectivity index (χ2n) is 6.44. The van der Waals surface area contributed by atoms with Gasteiger partial charge in [-0.05, 0) is 44.4 Å². The minimum Gasteiger partial charge on any atom is -0.340 e. The summed E-state index contributed by atoms with van der Waals surface area (Å²) in [6, 6.07) is 3.45. The minimum atomic E-state index is -4.46. The van der Waals surface area contributed by atoms with Crippen molar-refractivity contribution in [1.29, 1.82) is 0 Å². The molecule has 0 spiro atoms. The molecule has 0 aromatic heterocycles. The lowest BCUT2D eigenvalue weighted by molar-refractivity contribution is -0.137. The Morgan fingerprint density at radius 2 is 2.12 bits per heavy atom. The van der Waals surface area contributed by atoms with Crippen LogP contribution in [0.3, 0.4) is 0 Å². The van der Waals surface area contributed by atoms with E-state index in [1.54, 1.807) is 4.90 Å². The maximum atomic E-state index is 12.8. The first-order valence-corrected chi connectivity index (χ1v) is 9.12. The van der Waals surface area contributed by atoms with Gasteiger partial charge in [0.05, 0.1) is 16.5 Å². The fourth-order valence-corrected chi connectivity index (χ4v) is 4.29. The molecular formula is C17H19F3N2O2S. The molecule has 1 N–H and O–H groups in total. The van der Waals surface area contributed by atoms with E-state index in [-0.39, 0.29) is 24.1 Å². The van der Waals surface area contributed by atoms with Crippen molar-refractivity contribution >= 4 is 29.3 Å². The Bertz CT molecular complexity index is 693. The molecule has 1 saturated heterocycles. The predicted octanol–water partition coefficient (Wildman–Crippen LogP) is 3.91. The molecule has 25 heavy (non-hydrogen) atoms. The van der Waals surface area contributed by atoms with E-state index in [1.165, 1.54) is 6.07 Å². The zero-order valence-corrected chi connectivity index (χ0v) is 14.5. The predicted molar refractivity (Wildman–Crippen MR) is 89.4 cm³/mol. The molecule has 0 unspecified atom stereocenters. The first-order chi connectivity index (χ1) is 11.8. The van der Waals surface area contributed by atoms with Crippen molar-refractivity contribution in [2.24, 2.45) is 0 Å². The summed E-state index contributed by atoms with van der Waals surface area (Å²) >= 11 is 1.15. The molecule has 2 aliphatic heterocycles. The molecule has 1 aromatic rings. The Hall–Kier alpha value is -1.70. The number of fused-ring (bicyclic) bond motifs is 1. The fraction of sp³-hybridized carbons (Fsp3) is 0.529. The Morgan fingerprint density at radius 1 is 1.36 bits per heavy atom. The first kappa shape index (κ1) is 18.1. The summed E-state index contributed by atoms with van der Waals surface area (Å²) in [6.07, 6.45) is -1.39. The number of carbonyl (C=O) groups is 2. The van der Waals surface area contributed by atoms with Crippen LogP contribution >= 0.6 is 11.8 Å². The van der Waals surface area contributed by atoms with E-state index in [2.05, 4.69) is 5.32 Å². The van der Waals surface area contributed by atoms with Gasteiger partial charge in [0.15, 0.2) is 0 Å². The van der Waals surface area contributed by atoms with Crippen molar-refractivity contribution < 1.29 is 22.8 Å². The molecule has 8 heteroatoms. The van der Waals surface area contributed by atoms with Crippen LogP contribution in [-0.2, 0) is 15.8 Å². The van der Waals surface area contributed by atoms with Gasteiger partial charge >= 0.3 is 6.18 Å². The molecule has 0 aliphatic carbocycles. The number of alkyl halides is 3. The average molecular weight is 372 g/mol. The molecule has 0 saturated carbocycles. The summed E-state index contributed by atoms with van der Waals surface area (Å²) in [6.45, 7) is 2.70. The van der Waals surface area contributed by atoms with Gasteiger partial charge in [0, 0.05) is 23.9 Å². The van der Waals surface area contributed by atoms with E-state index in [0.29, 0.717) is 11.4 Å². The van der Waals surface area contributed by atoms with Crippen LogP contribution < -0.4 is 5.32 Å². The monoisotopic (exact) mass is 372 g/mol. The molecule has 0 radical (unpaired) electrons. The smallest absolute Gasteiger partial charge is 0.340 e. The molecule has 1 fully saturated rings. The fourth-order valence-electron chi connectivity index (χ4n) is 3.21. The van der Waals surface area contributed by atoms with Gasteiger partial charge in [0.25, 0.3) is 0 Å². The second kappa shape index (κ2) is 6.90. The molecular weight excluding hydrogens is 353 g/mol. The van der Waals surface area contributed by atoms with Crippen molar-refractivity contribution in [3.05, 3.63) is 23.8 Å². The lowest BCUT2D eigenvalue weighted by atomic mass is 10.0. The van der Waals surface area contributed by atoms with E-state index >= 15 is 0 Å². The highest BCUT2D eigenvalue weighted by molar-refractivity contribution is 8.01. The number of piperidine rings is 1. The zero-order valence-electron chi connectivity index (χ0n) is 13.7. The SMILES string of the molecule is C[C@@H]1CCCCN1C(=O)C[C@@H]1Sc2ccc(C(F)(F)F)cc2NC1=O. The Kier molecular flexibility index (Phi) is 4.99. The van der Waals surface area contributed by atoms with Crippen molar-refractivity contribution in [2.45, 2.75) is 55.0 Å². The van der Waals surface area contributed by atoms with Crippen LogP contribution in [0.5, 0.6) is 0 Å². The van der Waals surface area contributed by atoms with E-state index in [0.717, 1.165) is 43.2 Å². The van der Waals surface area contributed by atoms with Crippen LogP contribution in [0.25, 0.3) is 0 Å². The highest BCUT2D eigenvalue weighted by Gasteiger charge is 2.35. The molecule has 0 bridgehead atoms. The number of hydrogen-bond donors (Lipinski definition) is 1. The summed E-state index contributed by atoms with van der Waals surface area (Å²) in [5.41, 5.74) is -0.649. The van der Waals surface area contributed by atoms with Gasteiger partial charge in [-0.3, -0.25) is 9.59 Å². The first-order valence-electron chi connectivity index (χ1n) is 8.24. The van der Waals surface area contributed by atoms with Crippen LogP contribution in [0.15, 0.2) is 23.1 Å². The summed E-state index contributed by atoms with van der Waals surface area (Å²) in [4.78, 5) is 27.1. The van der Waals surface area contributed by atoms with Crippen LogP contribution in [0.1, 0.15) is 38.2 Å². The Morgan fingerprint density at radius 3 is 2.80 bits per heavy atom. The van der Waals surface area contributed by atoms with Crippen LogP contribution in [0, 0.1) is 0 Å². The normalized spacial score (nSPS) is 23.8. The van der Waals surface area contributed by atoms with Gasteiger partial charge in [-0.1, -0.05) is 0 Å². The van der Waals surface area contributed by atoms with Crippen molar-refractivity contribution in [3.8, 4) is 0 Å². The number of nitrogens with zero attached hydrogens (tertiary/aromatic N) is 1. The van der Waals surface area contributed by atoms with Crippen molar-refractivity contribution in [3.63, 3.8) is 0 Å². The average Bonchev–Trinajstić information content (AvgIpc) is 2.54. The van der Waals surface area contributed by atoms with Gasteiger partial charge in [0.2, 0.25) is 11.8 Å². The number of carbonyl (C=O) groups excluding carboxylic acids is 2. The topological polar surface area (TPSA) is 49.4 Å². The third-order valence-corrected chi connectivity index (χ3v) is 5.88. The molecule has 2 aliphatic rings. The van der Waals surface area contributed by atoms with Gasteiger partial charge < -0.3 is 10.2 Å². The maximum absolute atomic E-state index is 12.8. The third-order valence-electron chi connectivity index (χ3n) is 4.61.